The van der Waals surface area contributed by atoms with Gasteiger partial charge in [0.1, 0.15) is 11.2 Å². The summed E-state index contributed by atoms with van der Waals surface area (Å²) in [5.74, 6) is 0.424. The summed E-state index contributed by atoms with van der Waals surface area (Å²) in [6, 6.07) is 30.0. The van der Waals surface area contributed by atoms with Crippen LogP contribution in [0.2, 0.25) is 19.6 Å². The second kappa shape index (κ2) is 10.5. The van der Waals surface area contributed by atoms with Crippen LogP contribution in [0.5, 0.6) is 0 Å². The average molecular weight is 595 g/mol. The molecule has 7 rings (SSSR count). The van der Waals surface area contributed by atoms with Crippen LogP contribution in [0.15, 0.2) is 95.5 Å². The number of aryl methyl sites for hydroxylation is 1. The van der Waals surface area contributed by atoms with Crippen molar-refractivity contribution < 1.29 is 8.53 Å². The lowest BCUT2D eigenvalue weighted by Crippen LogP contribution is -2.38. The third kappa shape index (κ3) is 4.66. The topological polar surface area (TPSA) is 26.0 Å². The molecule has 0 spiro atoms. The Morgan fingerprint density at radius 1 is 0.682 bits per heavy atom. The van der Waals surface area contributed by atoms with Gasteiger partial charge in [-0.1, -0.05) is 113 Å². The quantitative estimate of drug-likeness (QED) is 0.146. The summed E-state index contributed by atoms with van der Waals surface area (Å²) in [6.45, 7) is 13.6. The Morgan fingerprint density at radius 2 is 1.39 bits per heavy atom. The number of pyridine rings is 1. The van der Waals surface area contributed by atoms with Crippen LogP contribution < -0.4 is 5.19 Å². The fourth-order valence-electron chi connectivity index (χ4n) is 6.65. The first kappa shape index (κ1) is 25.1. The predicted octanol–water partition coefficient (Wildman–Crippen LogP) is 11.7. The van der Waals surface area contributed by atoms with Gasteiger partial charge in [-0.2, -0.15) is 0 Å². The van der Waals surface area contributed by atoms with Crippen molar-refractivity contribution >= 4 is 56.7 Å². The SMILES string of the molecule is [2H]C([2H])([2H])c1cnc(-c2cccc3c2oc2cc4c(ccc5ccccc54)cc23)cc1-c1c(C(C)C)cc([Si](C)(C)C)cc1C(C)C. The molecule has 2 aromatic heterocycles. The Labute approximate surface area is 266 Å². The second-order valence-corrected chi connectivity index (χ2v) is 18.9. The van der Waals surface area contributed by atoms with Crippen molar-refractivity contribution in [1.29, 1.82) is 0 Å². The lowest BCUT2D eigenvalue weighted by molar-refractivity contribution is 0.670. The molecular weight excluding hydrogens is 551 g/mol. The van der Waals surface area contributed by atoms with Crippen LogP contribution in [0.1, 0.15) is 60.3 Å². The van der Waals surface area contributed by atoms with Crippen molar-refractivity contribution in [3.05, 3.63) is 108 Å². The predicted molar refractivity (Wildman–Crippen MR) is 193 cm³/mol. The first-order valence-corrected chi connectivity index (χ1v) is 19.2. The van der Waals surface area contributed by atoms with E-state index in [0.717, 1.165) is 49.4 Å². The molecule has 2 heterocycles. The minimum absolute atomic E-state index is 0.212. The van der Waals surface area contributed by atoms with Crippen LogP contribution >= 0.6 is 0 Å². The number of para-hydroxylation sites is 1. The van der Waals surface area contributed by atoms with Crippen LogP contribution in [0.4, 0.5) is 0 Å². The molecule has 44 heavy (non-hydrogen) atoms. The van der Waals surface area contributed by atoms with Crippen LogP contribution in [0, 0.1) is 6.85 Å². The van der Waals surface area contributed by atoms with Gasteiger partial charge in [-0.25, -0.2) is 0 Å². The van der Waals surface area contributed by atoms with Gasteiger partial charge >= 0.3 is 0 Å². The van der Waals surface area contributed by atoms with Gasteiger partial charge in [0.15, 0.2) is 0 Å². The minimum Gasteiger partial charge on any atom is -0.455 e. The van der Waals surface area contributed by atoms with Crippen molar-refractivity contribution in [1.82, 2.24) is 4.98 Å². The van der Waals surface area contributed by atoms with Crippen molar-refractivity contribution in [3.8, 4) is 22.4 Å². The number of benzene rings is 5. The average Bonchev–Trinajstić information content (AvgIpc) is 3.39. The summed E-state index contributed by atoms with van der Waals surface area (Å²) in [5, 5.41) is 8.17. The molecule has 0 N–H and O–H groups in total. The van der Waals surface area contributed by atoms with E-state index < -0.39 is 14.9 Å². The first-order valence-electron chi connectivity index (χ1n) is 17.2. The minimum atomic E-state index is -2.32. The summed E-state index contributed by atoms with van der Waals surface area (Å²) in [4.78, 5) is 4.81. The van der Waals surface area contributed by atoms with Crippen molar-refractivity contribution in [2.45, 2.75) is 66.0 Å². The molecule has 0 saturated heterocycles. The van der Waals surface area contributed by atoms with Crippen LogP contribution in [-0.4, -0.2) is 13.1 Å². The summed E-state index contributed by atoms with van der Waals surface area (Å²) in [5.41, 5.74) is 7.55. The number of aromatic nitrogens is 1. The Kier molecular flexibility index (Phi) is 5.97. The molecule has 0 saturated carbocycles. The molecular formula is C41H41NOSi. The van der Waals surface area contributed by atoms with Gasteiger partial charge in [0.25, 0.3) is 0 Å². The van der Waals surface area contributed by atoms with Crippen LogP contribution in [-0.2, 0) is 0 Å². The maximum absolute atomic E-state index is 8.55. The molecule has 0 amide bonds. The molecule has 0 unspecified atom stereocenters. The number of furan rings is 1. The summed E-state index contributed by atoms with van der Waals surface area (Å²) < 4.78 is 32.3. The van der Waals surface area contributed by atoms with Crippen LogP contribution in [0.25, 0.3) is 65.9 Å². The molecule has 220 valence electrons. The van der Waals surface area contributed by atoms with Gasteiger partial charge in [0.2, 0.25) is 0 Å². The van der Waals surface area contributed by atoms with E-state index in [2.05, 4.69) is 114 Å². The Balaban J connectivity index is 1.51. The van der Waals surface area contributed by atoms with E-state index in [0.29, 0.717) is 5.69 Å². The Bertz CT molecular complexity index is 2310. The third-order valence-electron chi connectivity index (χ3n) is 9.12. The van der Waals surface area contributed by atoms with Gasteiger partial charge in [0.05, 0.1) is 13.8 Å². The van der Waals surface area contributed by atoms with Crippen molar-refractivity contribution in [3.63, 3.8) is 0 Å². The number of nitrogens with zero attached hydrogens (tertiary/aromatic N) is 1. The van der Waals surface area contributed by atoms with E-state index in [1.165, 1.54) is 27.1 Å². The monoisotopic (exact) mass is 594 g/mol. The molecule has 0 aliphatic rings. The molecule has 7 aromatic rings. The second-order valence-electron chi connectivity index (χ2n) is 13.8. The van der Waals surface area contributed by atoms with Crippen molar-refractivity contribution in [2.75, 3.05) is 0 Å². The summed E-state index contributed by atoms with van der Waals surface area (Å²) >= 11 is 0. The smallest absolute Gasteiger partial charge is 0.144 e. The Morgan fingerprint density at radius 3 is 2.09 bits per heavy atom. The largest absolute Gasteiger partial charge is 0.455 e. The number of hydrogen-bond donors (Lipinski definition) is 0. The molecule has 0 radical (unpaired) electrons. The summed E-state index contributed by atoms with van der Waals surface area (Å²) in [6.07, 6.45) is 1.57. The van der Waals surface area contributed by atoms with Gasteiger partial charge in [0, 0.05) is 26.6 Å². The van der Waals surface area contributed by atoms with Gasteiger partial charge in [-0.05, 0) is 92.3 Å². The summed E-state index contributed by atoms with van der Waals surface area (Å²) in [7, 11) is -1.64. The van der Waals surface area contributed by atoms with E-state index in [1.807, 2.05) is 18.2 Å². The number of fused-ring (bicyclic) bond motifs is 6. The number of hydrogen-bond acceptors (Lipinski definition) is 2. The Hall–Kier alpha value is -4.21. The fourth-order valence-corrected chi connectivity index (χ4v) is 7.83. The van der Waals surface area contributed by atoms with Crippen molar-refractivity contribution in [2.24, 2.45) is 0 Å². The molecule has 2 nitrogen and oxygen atoms in total. The molecule has 0 fully saturated rings. The highest BCUT2D eigenvalue weighted by molar-refractivity contribution is 6.88. The third-order valence-corrected chi connectivity index (χ3v) is 11.1. The maximum atomic E-state index is 8.55. The number of rotatable bonds is 5. The van der Waals surface area contributed by atoms with E-state index in [1.54, 1.807) is 6.20 Å². The van der Waals surface area contributed by atoms with E-state index >= 15 is 0 Å². The highest BCUT2D eigenvalue weighted by Crippen LogP contribution is 2.42. The van der Waals surface area contributed by atoms with E-state index in [4.69, 9.17) is 13.5 Å². The molecule has 0 bridgehead atoms. The lowest BCUT2D eigenvalue weighted by atomic mass is 9.83. The van der Waals surface area contributed by atoms with Gasteiger partial charge in [-0.3, -0.25) is 4.98 Å². The maximum Gasteiger partial charge on any atom is 0.144 e. The zero-order valence-corrected chi connectivity index (χ0v) is 27.7. The molecule has 0 aliphatic heterocycles. The zero-order chi connectivity index (χ0) is 33.4. The highest BCUT2D eigenvalue weighted by atomic mass is 28.3. The zero-order valence-electron chi connectivity index (χ0n) is 29.7. The van der Waals surface area contributed by atoms with E-state index in [9.17, 15) is 0 Å². The fraction of sp³-hybridized carbons (Fsp3) is 0.244. The molecule has 3 heteroatoms. The van der Waals surface area contributed by atoms with Gasteiger partial charge in [-0.15, -0.1) is 0 Å². The molecule has 0 atom stereocenters. The first-order chi connectivity index (χ1) is 22.2. The molecule has 0 aliphatic carbocycles. The van der Waals surface area contributed by atoms with Gasteiger partial charge < -0.3 is 4.42 Å². The lowest BCUT2D eigenvalue weighted by Gasteiger charge is -2.27. The normalized spacial score (nSPS) is 13.8. The highest BCUT2D eigenvalue weighted by Gasteiger charge is 2.25. The standard InChI is InChI=1S/C41H41NOSi/c1-24(2)33-19-29(44(6,7)8)20-34(25(3)4)40(33)35-21-38(42-23-26(35)5)32-15-11-14-31-37-18-28-17-16-27-12-9-10-13-30(27)36(28)22-39(37)43-41(31)32/h9-25H,1-8H3/i5D3. The van der Waals surface area contributed by atoms with E-state index in [-0.39, 0.29) is 17.4 Å². The van der Waals surface area contributed by atoms with Crippen LogP contribution in [0.3, 0.4) is 0 Å². The molecule has 5 aromatic carbocycles.